The lowest BCUT2D eigenvalue weighted by Crippen LogP contribution is -2.17. The van der Waals surface area contributed by atoms with E-state index < -0.39 is 35.1 Å². The van der Waals surface area contributed by atoms with Crippen molar-refractivity contribution < 1.29 is 31.1 Å². The first-order valence-electron chi connectivity index (χ1n) is 6.91. The summed E-state index contributed by atoms with van der Waals surface area (Å²) in [6.07, 6.45) is -9.97. The first-order valence-corrected chi connectivity index (χ1v) is 6.91. The molecule has 0 fully saturated rings. The van der Waals surface area contributed by atoms with Crippen molar-refractivity contribution in [3.05, 3.63) is 46.3 Å². The van der Waals surface area contributed by atoms with Crippen molar-refractivity contribution in [1.29, 1.82) is 0 Å². The number of halogens is 6. The van der Waals surface area contributed by atoms with Crippen molar-refractivity contribution in [3.63, 3.8) is 0 Å². The van der Waals surface area contributed by atoms with E-state index in [0.29, 0.717) is 23.5 Å². The van der Waals surface area contributed by atoms with Gasteiger partial charge >= 0.3 is 12.4 Å². The number of aryl methyl sites for hydroxylation is 2. The SMILES string of the molecule is Cc1nn(C)c(C)c1C(=O)Nc1cc(C(F)(F)F)cc(C(F)(F)F)c1. The lowest BCUT2D eigenvalue weighted by atomic mass is 10.1. The Balaban J connectivity index is 2.46. The Morgan fingerprint density at radius 1 is 1.00 bits per heavy atom. The van der Waals surface area contributed by atoms with Crippen LogP contribution in [0.1, 0.15) is 32.9 Å². The van der Waals surface area contributed by atoms with Crippen molar-refractivity contribution in [3.8, 4) is 0 Å². The number of benzene rings is 1. The third-order valence-electron chi connectivity index (χ3n) is 3.58. The third-order valence-corrected chi connectivity index (χ3v) is 3.58. The molecule has 0 saturated carbocycles. The molecule has 0 aliphatic heterocycles. The molecule has 1 aromatic heterocycles. The number of hydrogen-bond acceptors (Lipinski definition) is 2. The monoisotopic (exact) mass is 365 g/mol. The largest absolute Gasteiger partial charge is 0.416 e. The third kappa shape index (κ3) is 3.94. The van der Waals surface area contributed by atoms with Crippen LogP contribution in [0.25, 0.3) is 0 Å². The molecule has 0 unspecified atom stereocenters. The molecule has 0 atom stereocenters. The molecule has 4 nitrogen and oxygen atoms in total. The Morgan fingerprint density at radius 3 is 1.84 bits per heavy atom. The fourth-order valence-corrected chi connectivity index (χ4v) is 2.32. The summed E-state index contributed by atoms with van der Waals surface area (Å²) in [6.45, 7) is 3.07. The zero-order valence-electron chi connectivity index (χ0n) is 13.3. The van der Waals surface area contributed by atoms with E-state index >= 15 is 0 Å². The lowest BCUT2D eigenvalue weighted by molar-refractivity contribution is -0.143. The second-order valence-electron chi connectivity index (χ2n) is 5.42. The Bertz CT molecular complexity index is 788. The molecule has 1 aromatic carbocycles. The maximum atomic E-state index is 12.8. The van der Waals surface area contributed by atoms with Crippen LogP contribution in [0.15, 0.2) is 18.2 Å². The van der Waals surface area contributed by atoms with Gasteiger partial charge in [0.15, 0.2) is 0 Å². The highest BCUT2D eigenvalue weighted by Gasteiger charge is 2.37. The molecule has 2 rings (SSSR count). The van der Waals surface area contributed by atoms with Crippen LogP contribution in [0.3, 0.4) is 0 Å². The van der Waals surface area contributed by atoms with Gasteiger partial charge in [-0.1, -0.05) is 0 Å². The van der Waals surface area contributed by atoms with Gasteiger partial charge in [0.25, 0.3) is 5.91 Å². The molecule has 0 bridgehead atoms. The Labute approximate surface area is 138 Å². The fourth-order valence-electron chi connectivity index (χ4n) is 2.32. The van der Waals surface area contributed by atoms with Crippen LogP contribution in [0.2, 0.25) is 0 Å². The van der Waals surface area contributed by atoms with E-state index in [1.54, 1.807) is 14.0 Å². The summed E-state index contributed by atoms with van der Waals surface area (Å²) in [4.78, 5) is 12.3. The number of alkyl halides is 6. The average molecular weight is 365 g/mol. The zero-order valence-corrected chi connectivity index (χ0v) is 13.3. The summed E-state index contributed by atoms with van der Waals surface area (Å²) in [5.41, 5.74) is -2.78. The molecule has 0 aliphatic rings. The topological polar surface area (TPSA) is 46.9 Å². The van der Waals surface area contributed by atoms with Gasteiger partial charge in [0.1, 0.15) is 0 Å². The minimum absolute atomic E-state index is 0.00374. The summed E-state index contributed by atoms with van der Waals surface area (Å²) in [5, 5.41) is 6.07. The first kappa shape index (κ1) is 18.8. The highest BCUT2D eigenvalue weighted by Crippen LogP contribution is 2.37. The molecule has 25 heavy (non-hydrogen) atoms. The quantitative estimate of drug-likeness (QED) is 0.806. The van der Waals surface area contributed by atoms with E-state index in [0.717, 1.165) is 0 Å². The zero-order chi connectivity index (χ0) is 19.2. The molecule has 1 N–H and O–H groups in total. The Hall–Kier alpha value is -2.52. The molecule has 1 amide bonds. The highest BCUT2D eigenvalue weighted by atomic mass is 19.4. The molecule has 2 aromatic rings. The lowest BCUT2D eigenvalue weighted by Gasteiger charge is -2.15. The maximum Gasteiger partial charge on any atom is 0.416 e. The van der Waals surface area contributed by atoms with Crippen LogP contribution >= 0.6 is 0 Å². The molecule has 1 heterocycles. The Morgan fingerprint density at radius 2 is 1.48 bits per heavy atom. The van der Waals surface area contributed by atoms with Crippen LogP contribution in [-0.4, -0.2) is 15.7 Å². The second-order valence-corrected chi connectivity index (χ2v) is 5.42. The smallest absolute Gasteiger partial charge is 0.322 e. The molecule has 0 saturated heterocycles. The molecule has 10 heteroatoms. The van der Waals surface area contributed by atoms with E-state index in [1.807, 2.05) is 0 Å². The summed E-state index contributed by atoms with van der Waals surface area (Å²) < 4.78 is 78.4. The van der Waals surface area contributed by atoms with Crippen molar-refractivity contribution in [1.82, 2.24) is 9.78 Å². The maximum absolute atomic E-state index is 12.8. The number of rotatable bonds is 2. The minimum Gasteiger partial charge on any atom is -0.322 e. The van der Waals surface area contributed by atoms with Crippen molar-refractivity contribution in [2.45, 2.75) is 26.2 Å². The van der Waals surface area contributed by atoms with Gasteiger partial charge in [-0.05, 0) is 32.0 Å². The molecule has 0 radical (unpaired) electrons. The van der Waals surface area contributed by atoms with E-state index in [4.69, 9.17) is 0 Å². The van der Waals surface area contributed by atoms with E-state index in [-0.39, 0.29) is 11.6 Å². The van der Waals surface area contributed by atoms with Gasteiger partial charge in [-0.2, -0.15) is 31.4 Å². The van der Waals surface area contributed by atoms with Crippen LogP contribution in [0.4, 0.5) is 32.0 Å². The van der Waals surface area contributed by atoms with Gasteiger partial charge in [0.05, 0.1) is 22.4 Å². The molecule has 0 spiro atoms. The average Bonchev–Trinajstić information content (AvgIpc) is 2.69. The molecular formula is C15H13F6N3O. The van der Waals surface area contributed by atoms with Crippen LogP contribution < -0.4 is 5.32 Å². The van der Waals surface area contributed by atoms with Crippen molar-refractivity contribution in [2.75, 3.05) is 5.32 Å². The molecule has 136 valence electrons. The van der Waals surface area contributed by atoms with Crippen LogP contribution in [0.5, 0.6) is 0 Å². The summed E-state index contributed by atoms with van der Waals surface area (Å²) in [6, 6.07) is 0.901. The number of aromatic nitrogens is 2. The Kier molecular flexibility index (Phi) is 4.58. The van der Waals surface area contributed by atoms with Crippen molar-refractivity contribution in [2.24, 2.45) is 7.05 Å². The number of anilines is 1. The van der Waals surface area contributed by atoms with Gasteiger partial charge in [-0.3, -0.25) is 9.48 Å². The van der Waals surface area contributed by atoms with Gasteiger partial charge in [0.2, 0.25) is 0 Å². The van der Waals surface area contributed by atoms with Gasteiger partial charge in [-0.25, -0.2) is 0 Å². The van der Waals surface area contributed by atoms with E-state index in [2.05, 4.69) is 10.4 Å². The normalized spacial score (nSPS) is 12.4. The number of hydrogen-bond donors (Lipinski definition) is 1. The fraction of sp³-hybridized carbons (Fsp3) is 0.333. The van der Waals surface area contributed by atoms with Gasteiger partial charge in [0, 0.05) is 18.4 Å². The van der Waals surface area contributed by atoms with Crippen LogP contribution in [-0.2, 0) is 19.4 Å². The number of nitrogens with zero attached hydrogens (tertiary/aromatic N) is 2. The van der Waals surface area contributed by atoms with E-state index in [1.165, 1.54) is 11.6 Å². The standard InChI is InChI=1S/C15H13F6N3O/c1-7-12(8(2)24(3)23-7)13(25)22-11-5-9(14(16,17)18)4-10(6-11)15(19,20)21/h4-6H,1-3H3,(H,22,25). The molecule has 0 aliphatic carbocycles. The summed E-state index contributed by atoms with van der Waals surface area (Å²) in [5.74, 6) is -0.837. The molecular weight excluding hydrogens is 352 g/mol. The number of carbonyl (C=O) groups excluding carboxylic acids is 1. The predicted molar refractivity (Wildman–Crippen MR) is 77.1 cm³/mol. The predicted octanol–water partition coefficient (Wildman–Crippen LogP) is 4.33. The number of amides is 1. The van der Waals surface area contributed by atoms with Gasteiger partial charge < -0.3 is 5.32 Å². The summed E-state index contributed by atoms with van der Waals surface area (Å²) >= 11 is 0. The summed E-state index contributed by atoms with van der Waals surface area (Å²) in [7, 11) is 1.56. The van der Waals surface area contributed by atoms with E-state index in [9.17, 15) is 31.1 Å². The second kappa shape index (κ2) is 6.08. The highest BCUT2D eigenvalue weighted by molar-refractivity contribution is 6.05. The van der Waals surface area contributed by atoms with Crippen LogP contribution in [0, 0.1) is 13.8 Å². The number of nitrogens with one attached hydrogen (secondary N) is 1. The minimum atomic E-state index is -4.99. The first-order chi connectivity index (χ1) is 11.3. The van der Waals surface area contributed by atoms with Crippen molar-refractivity contribution >= 4 is 11.6 Å². The number of carbonyl (C=O) groups is 1. The van der Waals surface area contributed by atoms with Gasteiger partial charge in [-0.15, -0.1) is 0 Å².